The van der Waals surface area contributed by atoms with Gasteiger partial charge in [-0.05, 0) is 24.1 Å². The second kappa shape index (κ2) is 13.6. The van der Waals surface area contributed by atoms with E-state index in [1.165, 1.54) is 14.2 Å². The largest absolute Gasteiger partial charge is 0.496 e. The standard InChI is InChI=1S/C22H26O5.H3OP/c1-4-5-12-17(22(24)27-15-16-10-7-6-8-11-16)21(23)20-18(25-2)13-9-14-19(20)26-3;1-2/h6-11,13-14,17H,4-5,12,15H2,1-3H3;2H3. The first-order chi connectivity index (χ1) is 14.1. The molecule has 0 aliphatic heterocycles. The number of esters is 1. The molecule has 0 fully saturated rings. The van der Waals surface area contributed by atoms with E-state index >= 15 is 0 Å². The van der Waals surface area contributed by atoms with E-state index < -0.39 is 11.9 Å². The molecule has 7 heteroatoms. The summed E-state index contributed by atoms with van der Waals surface area (Å²) in [6, 6.07) is 14.5. The first-order valence-electron chi connectivity index (χ1n) is 9.37. The van der Waals surface area contributed by atoms with Crippen molar-refractivity contribution in [1.29, 1.82) is 0 Å². The van der Waals surface area contributed by atoms with Crippen molar-refractivity contribution in [2.75, 3.05) is 14.2 Å². The van der Waals surface area contributed by atoms with Gasteiger partial charge >= 0.3 is 5.97 Å². The molecule has 2 rings (SSSR count). The SMILES string of the molecule is CCCCC(C(=O)OCc1ccccc1)C(=O)c1c(OC)cccc1OC.O=[PH3]. The predicted octanol–water partition coefficient (Wildman–Crippen LogP) is 4.38. The van der Waals surface area contributed by atoms with E-state index in [4.69, 9.17) is 18.8 Å². The number of Topliss-reactive ketones (excluding diaryl/α,β-unsaturated/α-hetero) is 1. The fourth-order valence-corrected chi connectivity index (χ4v) is 2.86. The maximum absolute atomic E-state index is 13.2. The van der Waals surface area contributed by atoms with Crippen LogP contribution in [0.4, 0.5) is 0 Å². The van der Waals surface area contributed by atoms with Crippen LogP contribution in [0.2, 0.25) is 0 Å². The maximum atomic E-state index is 13.2. The Morgan fingerprint density at radius 1 is 0.931 bits per heavy atom. The molecule has 2 aromatic carbocycles. The smallest absolute Gasteiger partial charge is 0.317 e. The van der Waals surface area contributed by atoms with Crippen LogP contribution in [0.5, 0.6) is 11.5 Å². The minimum absolute atomic E-state index is 0.138. The van der Waals surface area contributed by atoms with Gasteiger partial charge in [-0.25, -0.2) is 0 Å². The Labute approximate surface area is 173 Å². The normalized spacial score (nSPS) is 11.0. The third-order valence-corrected chi connectivity index (χ3v) is 4.35. The number of rotatable bonds is 10. The molecule has 0 amide bonds. The van der Waals surface area contributed by atoms with Gasteiger partial charge in [0.1, 0.15) is 29.6 Å². The van der Waals surface area contributed by atoms with E-state index in [0.717, 1.165) is 18.4 Å². The molecule has 2 aromatic rings. The third kappa shape index (κ3) is 7.06. The molecule has 0 aliphatic rings. The lowest BCUT2D eigenvalue weighted by Crippen LogP contribution is -2.27. The molecule has 0 aliphatic carbocycles. The number of carbonyl (C=O) groups is 2. The predicted molar refractivity (Wildman–Crippen MR) is 115 cm³/mol. The van der Waals surface area contributed by atoms with Crippen LogP contribution < -0.4 is 9.47 Å². The van der Waals surface area contributed by atoms with Crippen LogP contribution in [0.15, 0.2) is 48.5 Å². The summed E-state index contributed by atoms with van der Waals surface area (Å²) in [5.74, 6) is -0.978. The van der Waals surface area contributed by atoms with Crippen LogP contribution in [-0.2, 0) is 20.7 Å². The molecule has 2 unspecified atom stereocenters. The van der Waals surface area contributed by atoms with Crippen molar-refractivity contribution < 1.29 is 28.4 Å². The van der Waals surface area contributed by atoms with Crippen molar-refractivity contribution in [2.24, 2.45) is 5.92 Å². The van der Waals surface area contributed by atoms with Crippen molar-refractivity contribution >= 4 is 20.9 Å². The maximum Gasteiger partial charge on any atom is 0.317 e. The fraction of sp³-hybridized carbons (Fsp3) is 0.364. The fourth-order valence-electron chi connectivity index (χ4n) is 2.86. The molecule has 0 spiro atoms. The number of carbonyl (C=O) groups excluding carboxylic acids is 2. The zero-order valence-corrected chi connectivity index (χ0v) is 18.6. The van der Waals surface area contributed by atoms with E-state index in [1.54, 1.807) is 18.2 Å². The van der Waals surface area contributed by atoms with E-state index in [2.05, 4.69) is 0 Å². The average Bonchev–Trinajstić information content (AvgIpc) is 2.79. The highest BCUT2D eigenvalue weighted by atomic mass is 31.0. The highest BCUT2D eigenvalue weighted by Gasteiger charge is 2.32. The molecule has 0 N–H and O–H groups in total. The van der Waals surface area contributed by atoms with Crippen LogP contribution in [0, 0.1) is 5.92 Å². The zero-order valence-electron chi connectivity index (χ0n) is 17.2. The molecule has 0 bridgehead atoms. The van der Waals surface area contributed by atoms with Gasteiger partial charge in [-0.15, -0.1) is 0 Å². The Balaban J connectivity index is 0.00000204. The van der Waals surface area contributed by atoms with Gasteiger partial charge in [-0.3, -0.25) is 9.59 Å². The van der Waals surface area contributed by atoms with E-state index in [0.29, 0.717) is 27.0 Å². The van der Waals surface area contributed by atoms with E-state index in [-0.39, 0.29) is 18.0 Å². The Bertz CT molecular complexity index is 756. The van der Waals surface area contributed by atoms with Crippen LogP contribution in [0.25, 0.3) is 0 Å². The van der Waals surface area contributed by atoms with Gasteiger partial charge in [0, 0.05) is 0 Å². The zero-order chi connectivity index (χ0) is 21.6. The number of methoxy groups -OCH3 is 2. The number of hydrogen-bond donors (Lipinski definition) is 0. The molecule has 0 radical (unpaired) electrons. The second-order valence-corrected chi connectivity index (χ2v) is 6.19. The lowest BCUT2D eigenvalue weighted by atomic mass is 9.91. The average molecular weight is 420 g/mol. The van der Waals surface area contributed by atoms with Crippen molar-refractivity contribution in [3.05, 3.63) is 59.7 Å². The van der Waals surface area contributed by atoms with Gasteiger partial charge in [0.15, 0.2) is 5.78 Å². The second-order valence-electron chi connectivity index (χ2n) is 6.19. The summed E-state index contributed by atoms with van der Waals surface area (Å²) in [6.07, 6.45) is 2.04. The van der Waals surface area contributed by atoms with Gasteiger partial charge in [0.05, 0.1) is 23.3 Å². The van der Waals surface area contributed by atoms with Crippen LogP contribution in [0.3, 0.4) is 0 Å². The van der Waals surface area contributed by atoms with Crippen LogP contribution in [0.1, 0.15) is 42.1 Å². The Morgan fingerprint density at radius 3 is 2.03 bits per heavy atom. The highest BCUT2D eigenvalue weighted by Crippen LogP contribution is 2.32. The Kier molecular flexibility index (Phi) is 11.4. The van der Waals surface area contributed by atoms with Crippen molar-refractivity contribution in [3.8, 4) is 11.5 Å². The van der Waals surface area contributed by atoms with E-state index in [9.17, 15) is 9.59 Å². The molecule has 158 valence electrons. The van der Waals surface area contributed by atoms with Crippen molar-refractivity contribution in [2.45, 2.75) is 32.8 Å². The molecule has 2 atom stereocenters. The minimum atomic E-state index is -0.890. The molecule has 0 saturated carbocycles. The summed E-state index contributed by atoms with van der Waals surface area (Å²) >= 11 is 0. The van der Waals surface area contributed by atoms with Gasteiger partial charge in [0.2, 0.25) is 0 Å². The van der Waals surface area contributed by atoms with Gasteiger partial charge in [0.25, 0.3) is 0 Å². The summed E-state index contributed by atoms with van der Waals surface area (Å²) < 4.78 is 24.4. The van der Waals surface area contributed by atoms with Crippen LogP contribution in [-0.4, -0.2) is 26.0 Å². The first kappa shape index (κ1) is 24.4. The number of hydrogen-bond acceptors (Lipinski definition) is 6. The highest BCUT2D eigenvalue weighted by molar-refractivity contribution is 7.00. The summed E-state index contributed by atoms with van der Waals surface area (Å²) in [7, 11) is 3.58. The summed E-state index contributed by atoms with van der Waals surface area (Å²) in [4.78, 5) is 25.9. The minimum Gasteiger partial charge on any atom is -0.496 e. The van der Waals surface area contributed by atoms with Gasteiger partial charge in [-0.2, -0.15) is 0 Å². The van der Waals surface area contributed by atoms with Gasteiger partial charge in [-0.1, -0.05) is 56.2 Å². The molecule has 6 nitrogen and oxygen atoms in total. The molecule has 0 aromatic heterocycles. The number of benzene rings is 2. The van der Waals surface area contributed by atoms with Crippen molar-refractivity contribution in [3.63, 3.8) is 0 Å². The van der Waals surface area contributed by atoms with Gasteiger partial charge < -0.3 is 18.8 Å². The lowest BCUT2D eigenvalue weighted by molar-refractivity contribution is -0.148. The summed E-state index contributed by atoms with van der Waals surface area (Å²) in [5.41, 5.74) is 1.16. The summed E-state index contributed by atoms with van der Waals surface area (Å²) in [5, 5.41) is 0. The first-order valence-corrected chi connectivity index (χ1v) is 9.94. The Hall–Kier alpha value is -2.59. The molecular formula is C22H29O6P. The third-order valence-electron chi connectivity index (χ3n) is 4.35. The quantitative estimate of drug-likeness (QED) is 0.246. The molecule has 29 heavy (non-hydrogen) atoms. The topological polar surface area (TPSA) is 78.9 Å². The summed E-state index contributed by atoms with van der Waals surface area (Å²) in [6.45, 7) is 2.15. The number of ether oxygens (including phenoxy) is 3. The van der Waals surface area contributed by atoms with Crippen LogP contribution >= 0.6 is 9.12 Å². The monoisotopic (exact) mass is 420 g/mol. The van der Waals surface area contributed by atoms with Crippen molar-refractivity contribution in [1.82, 2.24) is 0 Å². The molecule has 0 saturated heterocycles. The Morgan fingerprint density at radius 2 is 1.52 bits per heavy atom. The molecular weight excluding hydrogens is 391 g/mol. The number of unbranched alkanes of at least 4 members (excludes halogenated alkanes) is 1. The van der Waals surface area contributed by atoms with E-state index in [1.807, 2.05) is 37.3 Å². The molecule has 0 heterocycles. The number of ketones is 1. The lowest BCUT2D eigenvalue weighted by Gasteiger charge is -2.18.